The molecule has 0 saturated carbocycles. The van der Waals surface area contributed by atoms with Crippen molar-refractivity contribution in [3.05, 3.63) is 138 Å². The Bertz CT molecular complexity index is 1630. The Balaban J connectivity index is 1.72. The molecule has 7 heteroatoms. The topological polar surface area (TPSA) is 65.7 Å². The third-order valence-electron chi connectivity index (χ3n) is 6.60. The molecule has 3 heterocycles. The molecule has 3 aromatic heterocycles. The normalized spacial score (nSPS) is 11.5. The van der Waals surface area contributed by atoms with Crippen LogP contribution in [0.5, 0.6) is 5.75 Å². The van der Waals surface area contributed by atoms with Gasteiger partial charge in [-0.3, -0.25) is 4.68 Å². The second-order valence-corrected chi connectivity index (χ2v) is 8.81. The minimum absolute atomic E-state index is 0.466. The molecule has 0 unspecified atom stereocenters. The number of halogens is 1. The number of hydrogen-bond acceptors (Lipinski definition) is 5. The van der Waals surface area contributed by atoms with E-state index in [0.29, 0.717) is 29.3 Å². The highest BCUT2D eigenvalue weighted by molar-refractivity contribution is 5.74. The third-order valence-corrected chi connectivity index (χ3v) is 6.60. The monoisotopic (exact) mass is 501 g/mol. The van der Waals surface area contributed by atoms with Crippen LogP contribution in [0, 0.1) is 5.95 Å². The summed E-state index contributed by atoms with van der Waals surface area (Å²) < 4.78 is 22.1. The van der Waals surface area contributed by atoms with Crippen LogP contribution in [-0.2, 0) is 5.54 Å². The molecular formula is C31H24FN5O. The molecule has 0 saturated heterocycles. The van der Waals surface area contributed by atoms with Gasteiger partial charge in [0, 0.05) is 18.0 Å². The Morgan fingerprint density at radius 2 is 1.58 bits per heavy atom. The molecule has 3 aromatic carbocycles. The molecule has 0 aliphatic carbocycles. The van der Waals surface area contributed by atoms with Crippen LogP contribution in [-0.4, -0.2) is 31.3 Å². The summed E-state index contributed by atoms with van der Waals surface area (Å²) in [4.78, 5) is 12.8. The van der Waals surface area contributed by atoms with E-state index in [4.69, 9.17) is 9.84 Å². The van der Waals surface area contributed by atoms with Gasteiger partial charge in [0.15, 0.2) is 5.65 Å². The van der Waals surface area contributed by atoms with Crippen molar-refractivity contribution in [2.24, 2.45) is 0 Å². The van der Waals surface area contributed by atoms with E-state index in [1.165, 1.54) is 12.4 Å². The molecule has 6 aromatic rings. The smallest absolute Gasteiger partial charge is 0.213 e. The quantitative estimate of drug-likeness (QED) is 0.191. The number of nitrogens with zero attached hydrogens (tertiary/aromatic N) is 5. The van der Waals surface area contributed by atoms with Crippen LogP contribution in [0.2, 0.25) is 0 Å². The fourth-order valence-electron chi connectivity index (χ4n) is 4.99. The third kappa shape index (κ3) is 3.98. The summed E-state index contributed by atoms with van der Waals surface area (Å²) in [5, 5.41) is 5.77. The van der Waals surface area contributed by atoms with Gasteiger partial charge < -0.3 is 4.74 Å². The first kappa shape index (κ1) is 23.5. The first-order valence-corrected chi connectivity index (χ1v) is 12.4. The first-order valence-electron chi connectivity index (χ1n) is 12.4. The molecule has 0 atom stereocenters. The molecule has 38 heavy (non-hydrogen) atoms. The molecule has 0 aliphatic rings. The molecule has 0 N–H and O–H groups in total. The molecular weight excluding hydrogens is 477 g/mol. The van der Waals surface area contributed by atoms with Crippen molar-refractivity contribution in [3.63, 3.8) is 0 Å². The maximum Gasteiger partial charge on any atom is 0.213 e. The zero-order valence-corrected chi connectivity index (χ0v) is 20.7. The Kier molecular flexibility index (Phi) is 6.09. The molecule has 0 amide bonds. The molecule has 0 radical (unpaired) electrons. The van der Waals surface area contributed by atoms with Gasteiger partial charge >= 0.3 is 0 Å². The van der Waals surface area contributed by atoms with Gasteiger partial charge in [0.2, 0.25) is 5.95 Å². The van der Waals surface area contributed by atoms with Crippen molar-refractivity contribution >= 4 is 11.0 Å². The lowest BCUT2D eigenvalue weighted by atomic mass is 9.76. The maximum absolute atomic E-state index is 14.2. The van der Waals surface area contributed by atoms with Crippen LogP contribution in [0.15, 0.2) is 116 Å². The highest BCUT2D eigenvalue weighted by Gasteiger charge is 2.40. The molecule has 6 nitrogen and oxygen atoms in total. The van der Waals surface area contributed by atoms with Crippen LogP contribution in [0.25, 0.3) is 22.3 Å². The second-order valence-electron chi connectivity index (χ2n) is 8.81. The summed E-state index contributed by atoms with van der Waals surface area (Å²) >= 11 is 0. The van der Waals surface area contributed by atoms with E-state index in [0.717, 1.165) is 22.1 Å². The predicted octanol–water partition coefficient (Wildman–Crippen LogP) is 6.27. The van der Waals surface area contributed by atoms with Crippen molar-refractivity contribution in [3.8, 4) is 17.0 Å². The Morgan fingerprint density at radius 1 is 0.842 bits per heavy atom. The van der Waals surface area contributed by atoms with Gasteiger partial charge in [-0.1, -0.05) is 72.8 Å². The van der Waals surface area contributed by atoms with Gasteiger partial charge in [-0.15, -0.1) is 0 Å². The summed E-state index contributed by atoms with van der Waals surface area (Å²) in [6, 6.07) is 31.1. The zero-order chi connectivity index (χ0) is 26.0. The Hall–Kier alpha value is -4.91. The molecule has 186 valence electrons. The number of fused-ring (bicyclic) bond motifs is 1. The summed E-state index contributed by atoms with van der Waals surface area (Å²) in [5.41, 5.74) is 3.77. The number of aromatic nitrogens is 5. The number of pyridine rings is 1. The van der Waals surface area contributed by atoms with Crippen LogP contribution < -0.4 is 4.74 Å². The average molecular weight is 502 g/mol. The Labute approximate surface area is 219 Å². The van der Waals surface area contributed by atoms with Crippen LogP contribution in [0.1, 0.15) is 23.6 Å². The van der Waals surface area contributed by atoms with Crippen LogP contribution >= 0.6 is 0 Å². The van der Waals surface area contributed by atoms with Gasteiger partial charge in [0.05, 0.1) is 17.7 Å². The van der Waals surface area contributed by atoms with E-state index in [-0.39, 0.29) is 0 Å². The number of hydrogen-bond donors (Lipinski definition) is 0. The second kappa shape index (κ2) is 9.86. The largest absolute Gasteiger partial charge is 0.493 e. The summed E-state index contributed by atoms with van der Waals surface area (Å²) in [5.74, 6) is 0.0745. The van der Waals surface area contributed by atoms with Gasteiger partial charge in [0.25, 0.3) is 0 Å². The van der Waals surface area contributed by atoms with Gasteiger partial charge in [0.1, 0.15) is 17.6 Å². The van der Waals surface area contributed by atoms with E-state index in [1.807, 2.05) is 72.4 Å². The minimum atomic E-state index is -0.893. The van der Waals surface area contributed by atoms with E-state index in [9.17, 15) is 4.39 Å². The molecule has 0 spiro atoms. The fourth-order valence-corrected chi connectivity index (χ4v) is 4.99. The number of ether oxygens (including phenoxy) is 1. The standard InChI is InChI=1S/C31H24FN5O/c1-2-38-28-17-16-25(18-26(28)27-14-9-15-29(32)35-27)31(23-10-5-3-6-11-23,24-12-7-4-8-13-24)37-20-22-19-33-21-34-30(22)36-37/h3-21H,2H2,1H3. The van der Waals surface area contributed by atoms with Crippen LogP contribution in [0.3, 0.4) is 0 Å². The maximum atomic E-state index is 14.2. The van der Waals surface area contributed by atoms with Crippen LogP contribution in [0.4, 0.5) is 4.39 Å². The van der Waals surface area contributed by atoms with Crippen molar-refractivity contribution in [2.75, 3.05) is 6.61 Å². The minimum Gasteiger partial charge on any atom is -0.493 e. The van der Waals surface area contributed by atoms with E-state index in [1.54, 1.807) is 18.3 Å². The number of benzene rings is 3. The summed E-state index contributed by atoms with van der Waals surface area (Å²) in [6.07, 6.45) is 5.22. The first-order chi connectivity index (χ1) is 18.7. The van der Waals surface area contributed by atoms with E-state index in [2.05, 4.69) is 39.2 Å². The molecule has 0 fully saturated rings. The Morgan fingerprint density at radius 3 is 2.24 bits per heavy atom. The molecule has 0 aliphatic heterocycles. The lowest BCUT2D eigenvalue weighted by molar-refractivity contribution is 0.341. The average Bonchev–Trinajstić information content (AvgIpc) is 3.40. The van der Waals surface area contributed by atoms with E-state index >= 15 is 0 Å². The lowest BCUT2D eigenvalue weighted by Gasteiger charge is -2.36. The van der Waals surface area contributed by atoms with Gasteiger partial charge in [-0.25, -0.2) is 15.0 Å². The van der Waals surface area contributed by atoms with Gasteiger partial charge in [-0.2, -0.15) is 9.49 Å². The summed E-state index contributed by atoms with van der Waals surface area (Å²) in [7, 11) is 0. The summed E-state index contributed by atoms with van der Waals surface area (Å²) in [6.45, 7) is 2.39. The van der Waals surface area contributed by atoms with Gasteiger partial charge in [-0.05, 0) is 47.9 Å². The molecule has 6 rings (SSSR count). The predicted molar refractivity (Wildman–Crippen MR) is 144 cm³/mol. The van der Waals surface area contributed by atoms with Crippen molar-refractivity contribution < 1.29 is 9.13 Å². The number of rotatable bonds is 7. The van der Waals surface area contributed by atoms with Crippen molar-refractivity contribution in [1.29, 1.82) is 0 Å². The lowest BCUT2D eigenvalue weighted by Crippen LogP contribution is -2.38. The highest BCUT2D eigenvalue weighted by Crippen LogP contribution is 2.43. The van der Waals surface area contributed by atoms with Crippen molar-refractivity contribution in [2.45, 2.75) is 12.5 Å². The SMILES string of the molecule is CCOc1ccc(C(c2ccccc2)(c2ccccc2)n2cc3cncnc3n2)cc1-c1cccc(F)n1. The fraction of sp³-hybridized carbons (Fsp3) is 0.0968. The molecule has 0 bridgehead atoms. The highest BCUT2D eigenvalue weighted by atomic mass is 19.1. The van der Waals surface area contributed by atoms with E-state index < -0.39 is 11.5 Å². The van der Waals surface area contributed by atoms with Crippen molar-refractivity contribution in [1.82, 2.24) is 24.7 Å². The zero-order valence-electron chi connectivity index (χ0n) is 20.7.